The molecule has 2 rings (SSSR count). The van der Waals surface area contributed by atoms with Gasteiger partial charge in [0.1, 0.15) is 0 Å². The Labute approximate surface area is 139 Å². The summed E-state index contributed by atoms with van der Waals surface area (Å²) in [6.45, 7) is 1.38. The number of hydrogen-bond acceptors (Lipinski definition) is 6. The molecule has 0 saturated carbocycles. The van der Waals surface area contributed by atoms with Gasteiger partial charge in [-0.3, -0.25) is 10.1 Å². The molecule has 0 amide bonds. The number of hydrogen-bond donors (Lipinski definition) is 1. The molecule has 0 aromatic heterocycles. The summed E-state index contributed by atoms with van der Waals surface area (Å²) in [6, 6.07) is 3.08. The summed E-state index contributed by atoms with van der Waals surface area (Å²) in [4.78, 5) is 9.40. The van der Waals surface area contributed by atoms with E-state index in [-0.39, 0.29) is 19.2 Å². The summed E-state index contributed by atoms with van der Waals surface area (Å²) in [5.74, 6) is -1.17. The van der Waals surface area contributed by atoms with Gasteiger partial charge >= 0.3 is 5.69 Å². The molecule has 0 spiro atoms. The second-order valence-corrected chi connectivity index (χ2v) is 7.37. The van der Waals surface area contributed by atoms with E-state index in [9.17, 15) is 22.9 Å². The number of ether oxygens (including phenoxy) is 1. The minimum atomic E-state index is -4.13. The lowest BCUT2D eigenvalue weighted by molar-refractivity contribution is -0.390. The predicted octanol–water partition coefficient (Wildman–Crippen LogP) is 1.25. The fourth-order valence-corrected chi connectivity index (χ4v) is 4.23. The summed E-state index contributed by atoms with van der Waals surface area (Å²) in [5.41, 5.74) is 4.37. The lowest BCUT2D eigenvalue weighted by Crippen LogP contribution is -2.41. The van der Waals surface area contributed by atoms with Crippen LogP contribution in [-0.4, -0.2) is 50.0 Å². The Kier molecular flexibility index (Phi) is 6.21. The molecule has 0 radical (unpaired) electrons. The number of nitro benzene ring substituents is 1. The van der Waals surface area contributed by atoms with Gasteiger partial charge in [-0.2, -0.15) is 8.70 Å². The third-order valence-electron chi connectivity index (χ3n) is 3.85. The van der Waals surface area contributed by atoms with Gasteiger partial charge in [-0.05, 0) is 37.9 Å². The van der Waals surface area contributed by atoms with E-state index in [2.05, 4.69) is 0 Å². The average molecular weight is 361 g/mol. The van der Waals surface area contributed by atoms with Crippen molar-refractivity contribution in [2.24, 2.45) is 5.73 Å². The lowest BCUT2D eigenvalue weighted by Gasteiger charge is -2.31. The first kappa shape index (κ1) is 18.7. The number of benzene rings is 1. The molecule has 0 unspecified atom stereocenters. The van der Waals surface area contributed by atoms with Crippen molar-refractivity contribution in [3.63, 3.8) is 0 Å². The molecule has 1 aliphatic rings. The molecule has 1 aromatic rings. The lowest BCUT2D eigenvalue weighted by atomic mass is 10.1. The maximum absolute atomic E-state index is 13.7. The van der Waals surface area contributed by atoms with E-state index in [0.717, 1.165) is 28.9 Å². The van der Waals surface area contributed by atoms with E-state index < -0.39 is 31.3 Å². The Morgan fingerprint density at radius 2 is 2.04 bits per heavy atom. The van der Waals surface area contributed by atoms with Crippen LogP contribution in [0.25, 0.3) is 0 Å². The van der Waals surface area contributed by atoms with E-state index in [1.165, 1.54) is 0 Å². The number of nitro groups is 1. The number of halogens is 1. The molecule has 1 heterocycles. The zero-order valence-electron chi connectivity index (χ0n) is 13.1. The molecule has 1 saturated heterocycles. The zero-order valence-corrected chi connectivity index (χ0v) is 13.9. The third kappa shape index (κ3) is 4.07. The highest BCUT2D eigenvalue weighted by Crippen LogP contribution is 2.30. The van der Waals surface area contributed by atoms with Crippen LogP contribution in [0.15, 0.2) is 23.1 Å². The van der Waals surface area contributed by atoms with Crippen molar-refractivity contribution < 1.29 is 22.5 Å². The van der Waals surface area contributed by atoms with Crippen LogP contribution in [0, 0.1) is 15.9 Å². The van der Waals surface area contributed by atoms with Crippen molar-refractivity contribution in [1.29, 1.82) is 0 Å². The van der Waals surface area contributed by atoms with Gasteiger partial charge in [0.05, 0.1) is 11.0 Å². The number of piperidine rings is 1. The Balaban J connectivity index is 2.13. The van der Waals surface area contributed by atoms with Gasteiger partial charge in [-0.25, -0.2) is 8.42 Å². The Morgan fingerprint density at radius 1 is 1.38 bits per heavy atom. The van der Waals surface area contributed by atoms with Crippen molar-refractivity contribution in [3.8, 4) is 0 Å². The Hall–Kier alpha value is -1.62. The summed E-state index contributed by atoms with van der Waals surface area (Å²) >= 11 is 0. The number of nitrogens with zero attached hydrogens (tertiary/aromatic N) is 2. The summed E-state index contributed by atoms with van der Waals surface area (Å²) < 4.78 is 45.7. The summed E-state index contributed by atoms with van der Waals surface area (Å²) in [6.07, 6.45) is 1.62. The summed E-state index contributed by atoms with van der Waals surface area (Å²) in [7, 11) is -4.13. The quantitative estimate of drug-likeness (QED) is 0.444. The van der Waals surface area contributed by atoms with Gasteiger partial charge < -0.3 is 10.5 Å². The molecule has 10 heteroatoms. The Morgan fingerprint density at radius 3 is 2.62 bits per heavy atom. The molecule has 134 valence electrons. The number of rotatable bonds is 7. The van der Waals surface area contributed by atoms with Crippen molar-refractivity contribution in [2.75, 3.05) is 26.2 Å². The molecule has 2 N–H and O–H groups in total. The van der Waals surface area contributed by atoms with Crippen LogP contribution >= 0.6 is 0 Å². The first-order valence-electron chi connectivity index (χ1n) is 7.62. The van der Waals surface area contributed by atoms with Gasteiger partial charge in [0.2, 0.25) is 15.8 Å². The van der Waals surface area contributed by atoms with Crippen molar-refractivity contribution in [1.82, 2.24) is 4.31 Å². The largest absolute Gasteiger partial charge is 0.378 e. The van der Waals surface area contributed by atoms with Crippen LogP contribution in [-0.2, 0) is 14.8 Å². The van der Waals surface area contributed by atoms with Crippen LogP contribution in [0.1, 0.15) is 19.3 Å². The van der Waals surface area contributed by atoms with Gasteiger partial charge in [0, 0.05) is 19.7 Å². The van der Waals surface area contributed by atoms with Crippen LogP contribution < -0.4 is 5.73 Å². The van der Waals surface area contributed by atoms with Crippen molar-refractivity contribution in [2.45, 2.75) is 30.3 Å². The second kappa shape index (κ2) is 7.97. The van der Waals surface area contributed by atoms with Gasteiger partial charge in [-0.1, -0.05) is 6.07 Å². The number of sulfonamides is 1. The highest BCUT2D eigenvalue weighted by molar-refractivity contribution is 7.89. The number of nitrogens with two attached hydrogens (primary N) is 1. The topological polar surface area (TPSA) is 116 Å². The first-order valence-corrected chi connectivity index (χ1v) is 9.06. The van der Waals surface area contributed by atoms with E-state index >= 15 is 0 Å². The molecule has 0 aliphatic carbocycles. The fraction of sp³-hybridized carbons (Fsp3) is 0.571. The van der Waals surface area contributed by atoms with Gasteiger partial charge in [0.15, 0.2) is 4.90 Å². The van der Waals surface area contributed by atoms with E-state index in [0.29, 0.717) is 26.0 Å². The zero-order chi connectivity index (χ0) is 17.7. The van der Waals surface area contributed by atoms with Gasteiger partial charge in [-0.15, -0.1) is 0 Å². The van der Waals surface area contributed by atoms with E-state index in [1.807, 2.05) is 0 Å². The van der Waals surface area contributed by atoms with Crippen LogP contribution in [0.2, 0.25) is 0 Å². The smallest absolute Gasteiger partial charge is 0.324 e. The highest BCUT2D eigenvalue weighted by Gasteiger charge is 2.36. The van der Waals surface area contributed by atoms with Gasteiger partial charge in [0.25, 0.3) is 0 Å². The molecule has 24 heavy (non-hydrogen) atoms. The maximum atomic E-state index is 13.7. The van der Waals surface area contributed by atoms with Crippen molar-refractivity contribution in [3.05, 3.63) is 34.1 Å². The molecule has 1 aliphatic heterocycles. The normalized spacial score (nSPS) is 17.1. The highest BCUT2D eigenvalue weighted by atomic mass is 32.2. The average Bonchev–Trinajstić information content (AvgIpc) is 2.55. The van der Waals surface area contributed by atoms with E-state index in [1.54, 1.807) is 0 Å². The fourth-order valence-electron chi connectivity index (χ4n) is 2.59. The van der Waals surface area contributed by atoms with E-state index in [4.69, 9.17) is 10.5 Å². The van der Waals surface area contributed by atoms with Crippen LogP contribution in [0.3, 0.4) is 0 Å². The predicted molar refractivity (Wildman–Crippen MR) is 84.5 cm³/mol. The third-order valence-corrected chi connectivity index (χ3v) is 5.78. The monoisotopic (exact) mass is 361 g/mol. The van der Waals surface area contributed by atoms with Crippen LogP contribution in [0.5, 0.6) is 0 Å². The standard InChI is InChI=1S/C14H20FN3O5S/c15-12-3-1-4-13(14(12)18(19)20)24(21,22)17-8-5-11(6-9-17)23-10-2-7-16/h1,3-4,11H,2,5-10,16H2. The number of para-hydroxylation sites is 1. The molecular formula is C14H20FN3O5S. The van der Waals surface area contributed by atoms with Crippen molar-refractivity contribution >= 4 is 15.7 Å². The summed E-state index contributed by atoms with van der Waals surface area (Å²) in [5, 5.41) is 11.0. The maximum Gasteiger partial charge on any atom is 0.324 e. The first-order chi connectivity index (χ1) is 11.4. The van der Waals surface area contributed by atoms with Crippen LogP contribution in [0.4, 0.5) is 10.1 Å². The molecule has 1 aromatic carbocycles. The molecule has 1 fully saturated rings. The minimum absolute atomic E-state index is 0.0644. The SMILES string of the molecule is NCCCOC1CCN(S(=O)(=O)c2cccc(F)c2[N+](=O)[O-])CC1. The molecule has 0 atom stereocenters. The molecule has 8 nitrogen and oxygen atoms in total. The molecule has 0 bridgehead atoms. The Bertz CT molecular complexity index is 690. The minimum Gasteiger partial charge on any atom is -0.378 e. The second-order valence-electron chi connectivity index (χ2n) is 5.46. The molecular weight excluding hydrogens is 341 g/mol.